The molecule has 0 unspecified atom stereocenters. The number of nitrogens with one attached hydrogen (secondary N) is 1. The van der Waals surface area contributed by atoms with E-state index >= 15 is 0 Å². The molecular weight excluding hydrogens is 422 g/mol. The number of aryl methyl sites for hydroxylation is 2. The number of carbonyl (C=O) groups excluding carboxylic acids is 2. The van der Waals surface area contributed by atoms with Gasteiger partial charge in [-0.1, -0.05) is 42.8 Å². The Kier molecular flexibility index (Phi) is 7.13. The van der Waals surface area contributed by atoms with Crippen molar-refractivity contribution in [2.75, 3.05) is 19.0 Å². The second kappa shape index (κ2) is 9.78. The molecule has 0 bridgehead atoms. The van der Waals surface area contributed by atoms with Crippen molar-refractivity contribution in [2.24, 2.45) is 0 Å². The molecule has 156 valence electrons. The molecule has 0 aliphatic rings. The number of carbonyl (C=O) groups is 2. The molecule has 0 atom stereocenters. The van der Waals surface area contributed by atoms with Crippen LogP contribution in [0.5, 0.6) is 5.75 Å². The van der Waals surface area contributed by atoms with Crippen LogP contribution in [-0.4, -0.2) is 25.6 Å². The number of methoxy groups -OCH3 is 1. The zero-order chi connectivity index (χ0) is 21.7. The number of rotatable bonds is 7. The second-order valence-electron chi connectivity index (χ2n) is 6.64. The summed E-state index contributed by atoms with van der Waals surface area (Å²) in [6.45, 7) is 3.74. The van der Waals surface area contributed by atoms with Crippen molar-refractivity contribution in [3.05, 3.63) is 69.6 Å². The quantitative estimate of drug-likeness (QED) is 0.472. The van der Waals surface area contributed by atoms with Crippen LogP contribution in [-0.2, 0) is 16.0 Å². The Balaban J connectivity index is 1.78. The highest BCUT2D eigenvalue weighted by atomic mass is 35.5. The monoisotopic (exact) mass is 443 g/mol. The Hall–Kier alpha value is -2.83. The molecule has 3 aromatic rings. The molecule has 1 amide bonds. The number of esters is 1. The van der Waals surface area contributed by atoms with Gasteiger partial charge in [0.1, 0.15) is 16.3 Å². The second-order valence-corrected chi connectivity index (χ2v) is 7.96. The van der Waals surface area contributed by atoms with Crippen LogP contribution < -0.4 is 10.1 Å². The molecule has 0 aliphatic heterocycles. The number of hydrogen-bond donors (Lipinski definition) is 1. The van der Waals surface area contributed by atoms with Crippen LogP contribution in [0.25, 0.3) is 11.1 Å². The van der Waals surface area contributed by atoms with E-state index in [1.54, 1.807) is 18.2 Å². The summed E-state index contributed by atoms with van der Waals surface area (Å²) < 4.78 is 10.5. The van der Waals surface area contributed by atoms with Crippen LogP contribution in [0.1, 0.15) is 28.4 Å². The maximum atomic E-state index is 12.4. The molecule has 0 fully saturated rings. The number of halogens is 1. The number of anilines is 1. The van der Waals surface area contributed by atoms with E-state index in [0.717, 1.165) is 23.1 Å². The molecule has 2 aromatic carbocycles. The summed E-state index contributed by atoms with van der Waals surface area (Å²) in [7, 11) is 1.32. The third-order valence-corrected chi connectivity index (χ3v) is 5.73. The Morgan fingerprint density at radius 3 is 2.50 bits per heavy atom. The lowest BCUT2D eigenvalue weighted by Crippen LogP contribution is -2.21. The van der Waals surface area contributed by atoms with E-state index in [1.165, 1.54) is 24.0 Å². The van der Waals surface area contributed by atoms with Crippen molar-refractivity contribution in [1.29, 1.82) is 0 Å². The minimum Gasteiger partial charge on any atom is -0.483 e. The van der Waals surface area contributed by atoms with Gasteiger partial charge in [0.05, 0.1) is 7.11 Å². The molecule has 30 heavy (non-hydrogen) atoms. The topological polar surface area (TPSA) is 64.6 Å². The van der Waals surface area contributed by atoms with Crippen molar-refractivity contribution >= 4 is 39.8 Å². The van der Waals surface area contributed by atoms with E-state index in [1.807, 2.05) is 36.6 Å². The largest absolute Gasteiger partial charge is 0.483 e. The van der Waals surface area contributed by atoms with Gasteiger partial charge in [-0.05, 0) is 48.2 Å². The third kappa shape index (κ3) is 5.01. The molecule has 0 radical (unpaired) electrons. The molecule has 0 saturated heterocycles. The molecule has 0 spiro atoms. The van der Waals surface area contributed by atoms with E-state index < -0.39 is 5.97 Å². The fourth-order valence-electron chi connectivity index (χ4n) is 2.97. The average Bonchev–Trinajstić information content (AvgIpc) is 3.16. The lowest BCUT2D eigenvalue weighted by atomic mass is 10.0. The summed E-state index contributed by atoms with van der Waals surface area (Å²) in [4.78, 5) is 24.9. The van der Waals surface area contributed by atoms with Gasteiger partial charge in [0.2, 0.25) is 0 Å². The first-order valence-corrected chi connectivity index (χ1v) is 10.7. The zero-order valence-electron chi connectivity index (χ0n) is 17.0. The Morgan fingerprint density at radius 1 is 1.13 bits per heavy atom. The number of hydrogen-bond acceptors (Lipinski definition) is 5. The van der Waals surface area contributed by atoms with E-state index in [9.17, 15) is 9.59 Å². The average molecular weight is 444 g/mol. The van der Waals surface area contributed by atoms with E-state index in [0.29, 0.717) is 21.3 Å². The van der Waals surface area contributed by atoms with Gasteiger partial charge in [-0.3, -0.25) is 4.79 Å². The highest BCUT2D eigenvalue weighted by molar-refractivity contribution is 7.15. The van der Waals surface area contributed by atoms with Crippen molar-refractivity contribution in [2.45, 2.75) is 20.3 Å². The number of ether oxygens (including phenoxy) is 2. The molecule has 7 heteroatoms. The third-order valence-electron chi connectivity index (χ3n) is 4.60. The van der Waals surface area contributed by atoms with Crippen LogP contribution >= 0.6 is 22.9 Å². The fraction of sp³-hybridized carbons (Fsp3) is 0.217. The standard InChI is InChI=1S/C23H22ClNO4S/c1-4-15-5-7-16(8-6-15)18-13-30-22(21(18)23(27)28-3)25-20(26)12-29-19-10-9-17(24)11-14(19)2/h5-11,13H,4,12H2,1-3H3,(H,25,26). The van der Waals surface area contributed by atoms with Gasteiger partial charge >= 0.3 is 5.97 Å². The van der Waals surface area contributed by atoms with Crippen LogP contribution in [0.2, 0.25) is 5.02 Å². The molecule has 1 heterocycles. The van der Waals surface area contributed by atoms with E-state index in [4.69, 9.17) is 21.1 Å². The zero-order valence-corrected chi connectivity index (χ0v) is 18.5. The predicted molar refractivity (Wildman–Crippen MR) is 121 cm³/mol. The van der Waals surface area contributed by atoms with E-state index in [2.05, 4.69) is 12.2 Å². The normalized spacial score (nSPS) is 10.5. The van der Waals surface area contributed by atoms with Crippen molar-refractivity contribution < 1.29 is 19.1 Å². The smallest absolute Gasteiger partial charge is 0.341 e. The summed E-state index contributed by atoms with van der Waals surface area (Å²) >= 11 is 7.21. The molecule has 1 N–H and O–H groups in total. The van der Waals surface area contributed by atoms with Crippen molar-refractivity contribution in [1.82, 2.24) is 0 Å². The predicted octanol–water partition coefficient (Wildman–Crippen LogP) is 5.74. The Morgan fingerprint density at radius 2 is 1.87 bits per heavy atom. The molecule has 1 aromatic heterocycles. The summed E-state index contributed by atoms with van der Waals surface area (Å²) in [5.41, 5.74) is 3.98. The van der Waals surface area contributed by atoms with Crippen molar-refractivity contribution in [3.63, 3.8) is 0 Å². The highest BCUT2D eigenvalue weighted by Gasteiger charge is 2.22. The van der Waals surface area contributed by atoms with Crippen LogP contribution in [0, 0.1) is 6.92 Å². The summed E-state index contributed by atoms with van der Waals surface area (Å²) in [6.07, 6.45) is 0.933. The van der Waals surface area contributed by atoms with Gasteiger partial charge in [0.25, 0.3) is 5.91 Å². The Labute approximate surface area is 184 Å². The highest BCUT2D eigenvalue weighted by Crippen LogP contribution is 2.36. The first-order valence-electron chi connectivity index (χ1n) is 9.40. The van der Waals surface area contributed by atoms with Gasteiger partial charge < -0.3 is 14.8 Å². The van der Waals surface area contributed by atoms with Crippen LogP contribution in [0.15, 0.2) is 47.8 Å². The van der Waals surface area contributed by atoms with Gasteiger partial charge in [0.15, 0.2) is 6.61 Å². The first-order chi connectivity index (χ1) is 14.4. The molecule has 0 saturated carbocycles. The van der Waals surface area contributed by atoms with Gasteiger partial charge in [-0.25, -0.2) is 4.79 Å². The van der Waals surface area contributed by atoms with E-state index in [-0.39, 0.29) is 12.5 Å². The molecule has 5 nitrogen and oxygen atoms in total. The van der Waals surface area contributed by atoms with Gasteiger partial charge in [-0.15, -0.1) is 11.3 Å². The lowest BCUT2D eigenvalue weighted by Gasteiger charge is -2.10. The first kappa shape index (κ1) is 21.9. The molecular formula is C23H22ClNO4S. The Bertz CT molecular complexity index is 1060. The van der Waals surface area contributed by atoms with Gasteiger partial charge in [0, 0.05) is 16.0 Å². The van der Waals surface area contributed by atoms with Crippen LogP contribution in [0.4, 0.5) is 5.00 Å². The maximum Gasteiger partial charge on any atom is 0.341 e. The van der Waals surface area contributed by atoms with Crippen molar-refractivity contribution in [3.8, 4) is 16.9 Å². The summed E-state index contributed by atoms with van der Waals surface area (Å²) in [5, 5.41) is 5.64. The lowest BCUT2D eigenvalue weighted by molar-refractivity contribution is -0.118. The SMILES string of the molecule is CCc1ccc(-c2csc(NC(=O)COc3ccc(Cl)cc3C)c2C(=O)OC)cc1. The molecule has 3 rings (SSSR count). The minimum atomic E-state index is -0.504. The fourth-order valence-corrected chi connectivity index (χ4v) is 4.17. The summed E-state index contributed by atoms with van der Waals surface area (Å²) in [6, 6.07) is 13.2. The maximum absolute atomic E-state index is 12.4. The molecule has 0 aliphatic carbocycles. The number of amides is 1. The number of thiophene rings is 1. The minimum absolute atomic E-state index is 0.193. The van der Waals surface area contributed by atoms with Crippen LogP contribution in [0.3, 0.4) is 0 Å². The summed E-state index contributed by atoms with van der Waals surface area (Å²) in [5.74, 6) is -0.301. The van der Waals surface area contributed by atoms with Gasteiger partial charge in [-0.2, -0.15) is 0 Å². The number of benzene rings is 2.